The van der Waals surface area contributed by atoms with Gasteiger partial charge in [0.05, 0.1) is 11.0 Å². The van der Waals surface area contributed by atoms with E-state index in [0.717, 1.165) is 33.1 Å². The van der Waals surface area contributed by atoms with E-state index < -0.39 is 0 Å². The van der Waals surface area contributed by atoms with E-state index in [1.807, 2.05) is 24.3 Å². The van der Waals surface area contributed by atoms with E-state index in [2.05, 4.69) is 77.4 Å². The normalized spacial score (nSPS) is 11.2. The molecule has 1 aromatic heterocycles. The van der Waals surface area contributed by atoms with Crippen LogP contribution in [0.25, 0.3) is 38.6 Å². The second-order valence-electron chi connectivity index (χ2n) is 7.05. The largest absolute Gasteiger partial charge is 0.309 e. The van der Waals surface area contributed by atoms with Crippen molar-refractivity contribution >= 4 is 27.6 Å². The van der Waals surface area contributed by atoms with Crippen molar-refractivity contribution in [3.63, 3.8) is 0 Å². The number of carbonyl (C=O) groups is 1. The van der Waals surface area contributed by atoms with Crippen molar-refractivity contribution in [3.05, 3.63) is 103 Å². The van der Waals surface area contributed by atoms with Gasteiger partial charge in [-0.05, 0) is 54.4 Å². The van der Waals surface area contributed by atoms with Crippen molar-refractivity contribution in [2.45, 2.75) is 6.92 Å². The van der Waals surface area contributed by atoms with E-state index in [9.17, 15) is 4.79 Å². The van der Waals surface area contributed by atoms with Crippen LogP contribution >= 0.6 is 0 Å². The first kappa shape index (κ1) is 16.5. The Bertz CT molecular complexity index is 1310. The summed E-state index contributed by atoms with van der Waals surface area (Å²) in [6, 6.07) is 33.4. The van der Waals surface area contributed by atoms with Crippen LogP contribution in [0.5, 0.6) is 0 Å². The molecule has 28 heavy (non-hydrogen) atoms. The summed E-state index contributed by atoms with van der Waals surface area (Å²) in [5, 5.41) is 2.27. The van der Waals surface area contributed by atoms with Gasteiger partial charge in [0.25, 0.3) is 0 Å². The predicted octanol–water partition coefficient (Wildman–Crippen LogP) is 6.65. The number of rotatable bonds is 3. The molecule has 0 saturated heterocycles. The van der Waals surface area contributed by atoms with E-state index >= 15 is 0 Å². The van der Waals surface area contributed by atoms with Crippen LogP contribution in [-0.2, 0) is 0 Å². The van der Waals surface area contributed by atoms with Crippen LogP contribution in [0.15, 0.2) is 97.1 Å². The van der Waals surface area contributed by atoms with Crippen molar-refractivity contribution in [2.75, 3.05) is 0 Å². The Morgan fingerprint density at radius 2 is 1.29 bits per heavy atom. The molecule has 0 aliphatic carbocycles. The first-order valence-electron chi connectivity index (χ1n) is 9.42. The van der Waals surface area contributed by atoms with Gasteiger partial charge in [-0.15, -0.1) is 0 Å². The van der Waals surface area contributed by atoms with Gasteiger partial charge in [-0.25, -0.2) is 0 Å². The number of aromatic nitrogens is 1. The Labute approximate surface area is 163 Å². The number of nitrogens with zero attached hydrogens (tertiary/aromatic N) is 1. The maximum Gasteiger partial charge on any atom is 0.159 e. The molecule has 0 aliphatic rings. The summed E-state index contributed by atoms with van der Waals surface area (Å²) in [4.78, 5) is 11.9. The minimum absolute atomic E-state index is 0.0888. The van der Waals surface area contributed by atoms with Crippen molar-refractivity contribution in [2.24, 2.45) is 0 Å². The molecule has 134 valence electrons. The molecular weight excluding hydrogens is 342 g/mol. The van der Waals surface area contributed by atoms with Crippen LogP contribution in [0.4, 0.5) is 0 Å². The summed E-state index contributed by atoms with van der Waals surface area (Å²) in [7, 11) is 0. The average molecular weight is 361 g/mol. The zero-order chi connectivity index (χ0) is 19.1. The van der Waals surface area contributed by atoms with Crippen LogP contribution < -0.4 is 0 Å². The molecule has 0 atom stereocenters. The molecule has 5 rings (SSSR count). The molecule has 0 saturated carbocycles. The molecule has 0 unspecified atom stereocenters. The fraction of sp³-hybridized carbons (Fsp3) is 0.0385. The summed E-state index contributed by atoms with van der Waals surface area (Å²) in [5.74, 6) is 0.0888. The molecule has 0 aliphatic heterocycles. The molecule has 4 aromatic carbocycles. The molecule has 0 fully saturated rings. The van der Waals surface area contributed by atoms with Crippen molar-refractivity contribution in [1.82, 2.24) is 4.57 Å². The van der Waals surface area contributed by atoms with Crippen LogP contribution in [0.1, 0.15) is 17.3 Å². The average Bonchev–Trinajstić information content (AvgIpc) is 3.08. The summed E-state index contributed by atoms with van der Waals surface area (Å²) >= 11 is 0. The van der Waals surface area contributed by atoms with Gasteiger partial charge in [0.1, 0.15) is 0 Å². The number of hydrogen-bond donors (Lipinski definition) is 0. The van der Waals surface area contributed by atoms with Crippen molar-refractivity contribution < 1.29 is 4.79 Å². The first-order valence-corrected chi connectivity index (χ1v) is 9.42. The fourth-order valence-electron chi connectivity index (χ4n) is 3.90. The number of hydrogen-bond acceptors (Lipinski definition) is 1. The lowest BCUT2D eigenvalue weighted by Crippen LogP contribution is -1.95. The molecular formula is C26H19NO. The smallest absolute Gasteiger partial charge is 0.159 e. The molecule has 2 nitrogen and oxygen atoms in total. The monoisotopic (exact) mass is 361 g/mol. The molecule has 0 radical (unpaired) electrons. The molecule has 0 amide bonds. The highest BCUT2D eigenvalue weighted by Crippen LogP contribution is 2.33. The lowest BCUT2D eigenvalue weighted by atomic mass is 10.1. The van der Waals surface area contributed by atoms with Crippen LogP contribution in [0, 0.1) is 0 Å². The standard InChI is InChI=1S/C26H19NO/c1-18(28)21-13-16-26-24(17-21)23-9-5-6-10-25(23)27(26)22-14-11-20(12-15-22)19-7-3-2-4-8-19/h2-17H,1H3. The summed E-state index contributed by atoms with van der Waals surface area (Å²) in [5.41, 5.74) is 6.52. The van der Waals surface area contributed by atoms with Gasteiger partial charge in [0.15, 0.2) is 5.78 Å². The Balaban J connectivity index is 1.73. The number of ketones is 1. The van der Waals surface area contributed by atoms with E-state index in [1.54, 1.807) is 6.92 Å². The summed E-state index contributed by atoms with van der Waals surface area (Å²) < 4.78 is 2.27. The van der Waals surface area contributed by atoms with E-state index in [4.69, 9.17) is 0 Å². The lowest BCUT2D eigenvalue weighted by molar-refractivity contribution is 0.101. The van der Waals surface area contributed by atoms with Crippen molar-refractivity contribution in [1.29, 1.82) is 0 Å². The molecule has 0 spiro atoms. The van der Waals surface area contributed by atoms with Crippen LogP contribution in [0.3, 0.4) is 0 Å². The Morgan fingerprint density at radius 1 is 0.643 bits per heavy atom. The topological polar surface area (TPSA) is 22.0 Å². The zero-order valence-electron chi connectivity index (χ0n) is 15.6. The third-order valence-corrected chi connectivity index (χ3v) is 5.31. The molecule has 0 bridgehead atoms. The Morgan fingerprint density at radius 3 is 2.04 bits per heavy atom. The second-order valence-corrected chi connectivity index (χ2v) is 7.05. The lowest BCUT2D eigenvalue weighted by Gasteiger charge is -2.09. The minimum atomic E-state index is 0.0888. The fourth-order valence-corrected chi connectivity index (χ4v) is 3.90. The molecule has 2 heteroatoms. The number of benzene rings is 4. The number of Topliss-reactive ketones (excluding diaryl/α,β-unsaturated/α-hetero) is 1. The number of fused-ring (bicyclic) bond motifs is 3. The van der Waals surface area contributed by atoms with Gasteiger partial charge in [-0.3, -0.25) is 4.79 Å². The highest BCUT2D eigenvalue weighted by molar-refractivity contribution is 6.11. The highest BCUT2D eigenvalue weighted by atomic mass is 16.1. The Hall–Kier alpha value is -3.65. The van der Waals surface area contributed by atoms with Gasteiger partial charge in [-0.1, -0.05) is 60.7 Å². The van der Waals surface area contributed by atoms with E-state index in [-0.39, 0.29) is 5.78 Å². The van der Waals surface area contributed by atoms with Gasteiger partial charge in [0.2, 0.25) is 0 Å². The molecule has 5 aromatic rings. The summed E-state index contributed by atoms with van der Waals surface area (Å²) in [6.07, 6.45) is 0. The van der Waals surface area contributed by atoms with E-state index in [1.165, 1.54) is 11.1 Å². The third-order valence-electron chi connectivity index (χ3n) is 5.31. The molecule has 1 heterocycles. The predicted molar refractivity (Wildman–Crippen MR) is 116 cm³/mol. The van der Waals surface area contributed by atoms with Crippen LogP contribution in [0.2, 0.25) is 0 Å². The van der Waals surface area contributed by atoms with Crippen molar-refractivity contribution in [3.8, 4) is 16.8 Å². The molecule has 0 N–H and O–H groups in total. The van der Waals surface area contributed by atoms with Gasteiger partial charge >= 0.3 is 0 Å². The number of para-hydroxylation sites is 1. The van der Waals surface area contributed by atoms with Gasteiger partial charge in [-0.2, -0.15) is 0 Å². The minimum Gasteiger partial charge on any atom is -0.309 e. The number of carbonyl (C=O) groups excluding carboxylic acids is 1. The second kappa shape index (κ2) is 6.50. The maximum absolute atomic E-state index is 11.9. The van der Waals surface area contributed by atoms with Gasteiger partial charge < -0.3 is 4.57 Å². The van der Waals surface area contributed by atoms with E-state index in [0.29, 0.717) is 0 Å². The maximum atomic E-state index is 11.9. The quantitative estimate of drug-likeness (QED) is 0.330. The third kappa shape index (κ3) is 2.62. The summed E-state index contributed by atoms with van der Waals surface area (Å²) in [6.45, 7) is 1.61. The Kier molecular flexibility index (Phi) is 3.84. The van der Waals surface area contributed by atoms with Crippen LogP contribution in [-0.4, -0.2) is 10.4 Å². The highest BCUT2D eigenvalue weighted by Gasteiger charge is 2.13. The first-order chi connectivity index (χ1) is 13.7. The van der Waals surface area contributed by atoms with Gasteiger partial charge in [0, 0.05) is 22.0 Å². The SMILES string of the molecule is CC(=O)c1ccc2c(c1)c1ccccc1n2-c1ccc(-c2ccccc2)cc1. The zero-order valence-corrected chi connectivity index (χ0v) is 15.6.